The first-order valence-electron chi connectivity index (χ1n) is 6.34. The highest BCUT2D eigenvalue weighted by atomic mass is 16.5. The molecule has 1 aromatic carbocycles. The molecule has 0 saturated heterocycles. The van der Waals surface area contributed by atoms with Gasteiger partial charge in [0.25, 0.3) is 0 Å². The molecule has 2 atom stereocenters. The van der Waals surface area contributed by atoms with Gasteiger partial charge in [-0.25, -0.2) is 0 Å². The maximum absolute atomic E-state index is 9.81. The van der Waals surface area contributed by atoms with Crippen molar-refractivity contribution in [2.24, 2.45) is 0 Å². The third kappa shape index (κ3) is 3.45. The minimum atomic E-state index is -0.333. The molecule has 1 aromatic rings. The van der Waals surface area contributed by atoms with E-state index in [-0.39, 0.29) is 18.8 Å². The molecule has 0 aliphatic heterocycles. The highest BCUT2D eigenvalue weighted by Crippen LogP contribution is 2.24. The Hall–Kier alpha value is -1.06. The molecule has 17 heavy (non-hydrogen) atoms. The lowest BCUT2D eigenvalue weighted by atomic mass is 9.95. The SMILES string of the molecule is OCCc1ccc(OC2CCCCC2O)cc1. The first-order valence-corrected chi connectivity index (χ1v) is 6.34. The second kappa shape index (κ2) is 6.03. The first kappa shape index (κ1) is 12.4. The number of hydrogen-bond acceptors (Lipinski definition) is 3. The van der Waals surface area contributed by atoms with Crippen LogP contribution in [0.5, 0.6) is 5.75 Å². The summed E-state index contributed by atoms with van der Waals surface area (Å²) in [6.45, 7) is 0.168. The molecule has 2 N–H and O–H groups in total. The van der Waals surface area contributed by atoms with Crippen molar-refractivity contribution in [1.29, 1.82) is 0 Å². The number of rotatable bonds is 4. The van der Waals surface area contributed by atoms with Crippen molar-refractivity contribution >= 4 is 0 Å². The largest absolute Gasteiger partial charge is 0.488 e. The van der Waals surface area contributed by atoms with Gasteiger partial charge in [-0.3, -0.25) is 0 Å². The minimum Gasteiger partial charge on any atom is -0.488 e. The fraction of sp³-hybridized carbons (Fsp3) is 0.571. The predicted molar refractivity (Wildman–Crippen MR) is 66.1 cm³/mol. The Bertz CT molecular complexity index is 334. The average molecular weight is 236 g/mol. The van der Waals surface area contributed by atoms with E-state index in [1.807, 2.05) is 24.3 Å². The fourth-order valence-electron chi connectivity index (χ4n) is 2.25. The topological polar surface area (TPSA) is 49.7 Å². The normalized spacial score (nSPS) is 24.6. The second-order valence-corrected chi connectivity index (χ2v) is 4.63. The Morgan fingerprint density at radius 2 is 1.82 bits per heavy atom. The molecule has 0 heterocycles. The van der Waals surface area contributed by atoms with E-state index in [1.54, 1.807) is 0 Å². The predicted octanol–water partition coefficient (Wildman–Crippen LogP) is 1.90. The minimum absolute atomic E-state index is 0.0626. The summed E-state index contributed by atoms with van der Waals surface area (Å²) in [7, 11) is 0. The molecule has 0 spiro atoms. The van der Waals surface area contributed by atoms with E-state index in [4.69, 9.17) is 9.84 Å². The monoisotopic (exact) mass is 236 g/mol. The molecule has 0 radical (unpaired) electrons. The lowest BCUT2D eigenvalue weighted by Gasteiger charge is -2.28. The van der Waals surface area contributed by atoms with Crippen LogP contribution in [0.2, 0.25) is 0 Å². The summed E-state index contributed by atoms with van der Waals surface area (Å²) in [6, 6.07) is 7.74. The molecule has 1 aliphatic rings. The second-order valence-electron chi connectivity index (χ2n) is 4.63. The van der Waals surface area contributed by atoms with E-state index >= 15 is 0 Å². The van der Waals surface area contributed by atoms with Crippen LogP contribution in [0.25, 0.3) is 0 Å². The molecule has 2 rings (SSSR count). The van der Waals surface area contributed by atoms with Gasteiger partial charge >= 0.3 is 0 Å². The Labute approximate surface area is 102 Å². The Morgan fingerprint density at radius 3 is 2.47 bits per heavy atom. The number of aliphatic hydroxyl groups excluding tert-OH is 2. The standard InChI is InChI=1S/C14H20O3/c15-10-9-11-5-7-12(8-6-11)17-14-4-2-1-3-13(14)16/h5-8,13-16H,1-4,9-10H2. The molecule has 1 aliphatic carbocycles. The average Bonchev–Trinajstić information content (AvgIpc) is 2.35. The quantitative estimate of drug-likeness (QED) is 0.839. The molecule has 0 bridgehead atoms. The van der Waals surface area contributed by atoms with Crippen molar-refractivity contribution in [2.45, 2.75) is 44.3 Å². The van der Waals surface area contributed by atoms with Crippen molar-refractivity contribution in [3.8, 4) is 5.75 Å². The summed E-state index contributed by atoms with van der Waals surface area (Å²) < 4.78 is 5.79. The third-order valence-corrected chi connectivity index (χ3v) is 3.28. The van der Waals surface area contributed by atoms with E-state index in [0.29, 0.717) is 6.42 Å². The van der Waals surface area contributed by atoms with Crippen LogP contribution in [-0.4, -0.2) is 29.0 Å². The van der Waals surface area contributed by atoms with E-state index in [9.17, 15) is 5.11 Å². The van der Waals surface area contributed by atoms with E-state index in [0.717, 1.165) is 37.0 Å². The molecule has 1 saturated carbocycles. The third-order valence-electron chi connectivity index (χ3n) is 3.28. The summed E-state index contributed by atoms with van der Waals surface area (Å²) in [6.07, 6.45) is 4.27. The van der Waals surface area contributed by atoms with Crippen molar-refractivity contribution in [3.63, 3.8) is 0 Å². The van der Waals surface area contributed by atoms with Crippen LogP contribution in [0, 0.1) is 0 Å². The zero-order chi connectivity index (χ0) is 12.1. The molecule has 2 unspecified atom stereocenters. The summed E-state index contributed by atoms with van der Waals surface area (Å²) in [4.78, 5) is 0. The van der Waals surface area contributed by atoms with Gasteiger partial charge in [-0.15, -0.1) is 0 Å². The lowest BCUT2D eigenvalue weighted by Crippen LogP contribution is -2.34. The number of hydrogen-bond donors (Lipinski definition) is 2. The van der Waals surface area contributed by atoms with Crippen LogP contribution >= 0.6 is 0 Å². The molecule has 94 valence electrons. The zero-order valence-electron chi connectivity index (χ0n) is 10.0. The number of ether oxygens (including phenoxy) is 1. The molecule has 3 nitrogen and oxygen atoms in total. The van der Waals surface area contributed by atoms with Crippen LogP contribution < -0.4 is 4.74 Å². The van der Waals surface area contributed by atoms with Gasteiger partial charge in [-0.1, -0.05) is 18.6 Å². The summed E-state index contributed by atoms with van der Waals surface area (Å²) in [5.41, 5.74) is 1.10. The Morgan fingerprint density at radius 1 is 1.12 bits per heavy atom. The van der Waals surface area contributed by atoms with Crippen molar-refractivity contribution in [2.75, 3.05) is 6.61 Å². The van der Waals surface area contributed by atoms with E-state index < -0.39 is 0 Å². The van der Waals surface area contributed by atoms with Crippen LogP contribution in [0.1, 0.15) is 31.2 Å². The van der Waals surface area contributed by atoms with Crippen LogP contribution in [0.15, 0.2) is 24.3 Å². The van der Waals surface area contributed by atoms with Gasteiger partial charge in [0.2, 0.25) is 0 Å². The highest BCUT2D eigenvalue weighted by Gasteiger charge is 2.24. The van der Waals surface area contributed by atoms with Gasteiger partial charge in [0, 0.05) is 6.61 Å². The van der Waals surface area contributed by atoms with Gasteiger partial charge in [-0.2, -0.15) is 0 Å². The highest BCUT2D eigenvalue weighted by molar-refractivity contribution is 5.27. The zero-order valence-corrected chi connectivity index (χ0v) is 10.0. The summed E-state index contributed by atoms with van der Waals surface area (Å²) >= 11 is 0. The van der Waals surface area contributed by atoms with E-state index in [2.05, 4.69) is 0 Å². The van der Waals surface area contributed by atoms with Crippen LogP contribution in [0.4, 0.5) is 0 Å². The Kier molecular flexibility index (Phi) is 4.40. The van der Waals surface area contributed by atoms with Gasteiger partial charge in [0.1, 0.15) is 11.9 Å². The van der Waals surface area contributed by atoms with Gasteiger partial charge < -0.3 is 14.9 Å². The van der Waals surface area contributed by atoms with Crippen molar-refractivity contribution < 1.29 is 14.9 Å². The summed E-state index contributed by atoms with van der Waals surface area (Å²) in [5, 5.41) is 18.6. The maximum Gasteiger partial charge on any atom is 0.124 e. The molecule has 0 aromatic heterocycles. The van der Waals surface area contributed by atoms with Gasteiger partial charge in [-0.05, 0) is 43.4 Å². The van der Waals surface area contributed by atoms with Crippen molar-refractivity contribution in [1.82, 2.24) is 0 Å². The molecule has 1 fully saturated rings. The van der Waals surface area contributed by atoms with Gasteiger partial charge in [0.15, 0.2) is 0 Å². The summed E-state index contributed by atoms with van der Waals surface area (Å²) in [5.74, 6) is 0.803. The number of aliphatic hydroxyl groups is 2. The van der Waals surface area contributed by atoms with Crippen LogP contribution in [-0.2, 0) is 6.42 Å². The molecular weight excluding hydrogens is 216 g/mol. The molecule has 0 amide bonds. The maximum atomic E-state index is 9.81. The lowest BCUT2D eigenvalue weighted by molar-refractivity contribution is 0.00687. The number of benzene rings is 1. The van der Waals surface area contributed by atoms with E-state index in [1.165, 1.54) is 0 Å². The fourth-order valence-corrected chi connectivity index (χ4v) is 2.25. The van der Waals surface area contributed by atoms with Crippen LogP contribution in [0.3, 0.4) is 0 Å². The van der Waals surface area contributed by atoms with Crippen molar-refractivity contribution in [3.05, 3.63) is 29.8 Å². The molecular formula is C14H20O3. The first-order chi connectivity index (χ1) is 8.29. The smallest absolute Gasteiger partial charge is 0.124 e. The Balaban J connectivity index is 1.93. The molecule has 3 heteroatoms. The van der Waals surface area contributed by atoms with Gasteiger partial charge in [0.05, 0.1) is 6.10 Å².